The molecule has 1 saturated heterocycles. The molecule has 1 aromatic carbocycles. The number of sulfonamides is 1. The van der Waals surface area contributed by atoms with Crippen molar-refractivity contribution < 1.29 is 26.8 Å². The van der Waals surface area contributed by atoms with Crippen molar-refractivity contribution in [3.8, 4) is 0 Å². The molecule has 3 heterocycles. The molecule has 2 aromatic heterocycles. The van der Waals surface area contributed by atoms with Crippen LogP contribution in [0.3, 0.4) is 0 Å². The highest BCUT2D eigenvalue weighted by atomic mass is 32.2. The number of rotatable bonds is 3. The fourth-order valence-electron chi connectivity index (χ4n) is 2.83. The van der Waals surface area contributed by atoms with Gasteiger partial charge in [0.25, 0.3) is 10.0 Å². The Hall–Kier alpha value is -2.89. The van der Waals surface area contributed by atoms with Crippen molar-refractivity contribution in [2.24, 2.45) is 0 Å². The van der Waals surface area contributed by atoms with Gasteiger partial charge < -0.3 is 19.3 Å². The standard InChI is InChI=1S/C16H15N3O7S/c17-10-1-2-11-13(9-10)26-16(21)19(11)15(20)12-3-4-14(25-12)27(22,23)18-5-7-24-8-6-18/h1-4,9H,5-8,17H2. The zero-order chi connectivity index (χ0) is 19.2. The van der Waals surface area contributed by atoms with Crippen molar-refractivity contribution in [1.29, 1.82) is 0 Å². The predicted octanol–water partition coefficient (Wildman–Crippen LogP) is 0.479. The quantitative estimate of drug-likeness (QED) is 0.634. The van der Waals surface area contributed by atoms with Crippen LogP contribution in [-0.2, 0) is 14.8 Å². The molecule has 0 bridgehead atoms. The molecule has 4 rings (SSSR count). The molecule has 2 N–H and O–H groups in total. The molecule has 0 unspecified atom stereocenters. The molecule has 0 amide bonds. The Morgan fingerprint density at radius 2 is 1.81 bits per heavy atom. The van der Waals surface area contributed by atoms with Crippen molar-refractivity contribution >= 4 is 32.7 Å². The van der Waals surface area contributed by atoms with E-state index in [1.54, 1.807) is 0 Å². The number of anilines is 1. The molecule has 0 radical (unpaired) electrons. The molecule has 1 aliphatic heterocycles. The van der Waals surface area contributed by atoms with Crippen LogP contribution in [0.1, 0.15) is 10.6 Å². The van der Waals surface area contributed by atoms with Gasteiger partial charge in [-0.3, -0.25) is 4.79 Å². The summed E-state index contributed by atoms with van der Waals surface area (Å²) in [6.07, 6.45) is 0. The molecule has 3 aromatic rings. The number of nitrogens with zero attached hydrogens (tertiary/aromatic N) is 2. The SMILES string of the molecule is Nc1ccc2c(c1)oc(=O)n2C(=O)c1ccc(S(=O)(=O)N2CCOCC2)o1. The van der Waals surface area contributed by atoms with Crippen LogP contribution in [0.5, 0.6) is 0 Å². The number of hydrogen-bond acceptors (Lipinski definition) is 8. The van der Waals surface area contributed by atoms with E-state index in [0.717, 1.165) is 4.57 Å². The zero-order valence-electron chi connectivity index (χ0n) is 14.0. The van der Waals surface area contributed by atoms with Crippen LogP contribution >= 0.6 is 0 Å². The number of hydrogen-bond donors (Lipinski definition) is 1. The number of morpholine rings is 1. The van der Waals surface area contributed by atoms with Crippen LogP contribution in [0.2, 0.25) is 0 Å². The van der Waals surface area contributed by atoms with Crippen LogP contribution in [0.25, 0.3) is 11.1 Å². The van der Waals surface area contributed by atoms with Crippen LogP contribution in [0.15, 0.2) is 49.1 Å². The van der Waals surface area contributed by atoms with Crippen LogP contribution < -0.4 is 11.5 Å². The minimum Gasteiger partial charge on any atom is -0.438 e. The average molecular weight is 393 g/mol. The number of benzene rings is 1. The molecular formula is C16H15N3O7S. The summed E-state index contributed by atoms with van der Waals surface area (Å²) in [4.78, 5) is 24.8. The third kappa shape index (κ3) is 2.95. The van der Waals surface area contributed by atoms with Gasteiger partial charge in [0.2, 0.25) is 5.09 Å². The van der Waals surface area contributed by atoms with E-state index in [2.05, 4.69) is 0 Å². The van der Waals surface area contributed by atoms with Crippen LogP contribution in [0.4, 0.5) is 5.69 Å². The number of fused-ring (bicyclic) bond motifs is 1. The predicted molar refractivity (Wildman–Crippen MR) is 92.9 cm³/mol. The summed E-state index contributed by atoms with van der Waals surface area (Å²) in [7, 11) is -3.89. The molecule has 142 valence electrons. The third-order valence-corrected chi connectivity index (χ3v) is 5.94. The maximum absolute atomic E-state index is 12.7. The lowest BCUT2D eigenvalue weighted by molar-refractivity contribution is 0.0722. The summed E-state index contributed by atoms with van der Waals surface area (Å²) >= 11 is 0. The van der Waals surface area contributed by atoms with Gasteiger partial charge in [0.15, 0.2) is 11.3 Å². The lowest BCUT2D eigenvalue weighted by atomic mass is 10.3. The number of carbonyl (C=O) groups excluding carboxylic acids is 1. The maximum Gasteiger partial charge on any atom is 0.427 e. The second kappa shape index (κ2) is 6.37. The monoisotopic (exact) mass is 393 g/mol. The summed E-state index contributed by atoms with van der Waals surface area (Å²) in [5.74, 6) is -2.06. The Kier molecular flexibility index (Phi) is 4.13. The van der Waals surface area contributed by atoms with Crippen LogP contribution in [-0.4, -0.2) is 49.5 Å². The van der Waals surface area contributed by atoms with Crippen molar-refractivity contribution in [3.63, 3.8) is 0 Å². The van der Waals surface area contributed by atoms with Gasteiger partial charge in [-0.1, -0.05) is 0 Å². The number of oxazole rings is 1. The molecule has 0 spiro atoms. The van der Waals surface area contributed by atoms with E-state index in [4.69, 9.17) is 19.3 Å². The largest absolute Gasteiger partial charge is 0.438 e. The Morgan fingerprint density at radius 3 is 2.56 bits per heavy atom. The Balaban J connectivity index is 1.71. The maximum atomic E-state index is 12.7. The molecule has 27 heavy (non-hydrogen) atoms. The minimum atomic E-state index is -3.89. The molecule has 1 aliphatic rings. The average Bonchev–Trinajstić information content (AvgIpc) is 3.26. The number of ether oxygens (including phenoxy) is 1. The minimum absolute atomic E-state index is 0.140. The number of carbonyl (C=O) groups is 1. The lowest BCUT2D eigenvalue weighted by Gasteiger charge is -2.24. The Bertz CT molecular complexity index is 1180. The van der Waals surface area contributed by atoms with Crippen molar-refractivity contribution in [2.75, 3.05) is 32.0 Å². The summed E-state index contributed by atoms with van der Waals surface area (Å²) in [6.45, 7) is 0.954. The first kappa shape index (κ1) is 17.5. The van der Waals surface area contributed by atoms with E-state index in [9.17, 15) is 18.0 Å². The highest BCUT2D eigenvalue weighted by Gasteiger charge is 2.31. The molecule has 10 nitrogen and oxygen atoms in total. The van der Waals surface area contributed by atoms with E-state index in [1.807, 2.05) is 0 Å². The Morgan fingerprint density at radius 1 is 1.07 bits per heavy atom. The highest BCUT2D eigenvalue weighted by molar-refractivity contribution is 7.89. The van der Waals surface area contributed by atoms with Gasteiger partial charge in [-0.05, 0) is 24.3 Å². The molecule has 11 heteroatoms. The normalized spacial score (nSPS) is 16.0. The molecule has 0 aliphatic carbocycles. The van der Waals surface area contributed by atoms with Crippen molar-refractivity contribution in [3.05, 3.63) is 46.6 Å². The van der Waals surface area contributed by atoms with Gasteiger partial charge in [-0.15, -0.1) is 0 Å². The topological polar surface area (TPSA) is 138 Å². The molecular weight excluding hydrogens is 378 g/mol. The summed E-state index contributed by atoms with van der Waals surface area (Å²) in [5, 5.41) is -0.377. The van der Waals surface area contributed by atoms with E-state index >= 15 is 0 Å². The first-order valence-corrected chi connectivity index (χ1v) is 9.45. The molecule has 0 atom stereocenters. The fraction of sp³-hybridized carbons (Fsp3) is 0.250. The third-order valence-electron chi connectivity index (χ3n) is 4.16. The van der Waals surface area contributed by atoms with Gasteiger partial charge >= 0.3 is 11.7 Å². The number of furan rings is 1. The number of nitrogen functional groups attached to an aromatic ring is 1. The second-order valence-electron chi connectivity index (χ2n) is 5.87. The molecule has 1 fully saturated rings. The molecule has 0 saturated carbocycles. The number of nitrogens with two attached hydrogens (primary N) is 1. The fourth-order valence-corrected chi connectivity index (χ4v) is 4.15. The highest BCUT2D eigenvalue weighted by Crippen LogP contribution is 2.22. The first-order chi connectivity index (χ1) is 12.9. The lowest BCUT2D eigenvalue weighted by Crippen LogP contribution is -2.40. The Labute approximate surface area is 152 Å². The van der Waals surface area contributed by atoms with E-state index < -0.39 is 21.7 Å². The van der Waals surface area contributed by atoms with Crippen LogP contribution in [0, 0.1) is 0 Å². The van der Waals surface area contributed by atoms with Gasteiger partial charge in [0, 0.05) is 24.8 Å². The van der Waals surface area contributed by atoms with Crippen molar-refractivity contribution in [1.82, 2.24) is 8.87 Å². The van der Waals surface area contributed by atoms with Gasteiger partial charge in [-0.25, -0.2) is 17.8 Å². The van der Waals surface area contributed by atoms with Gasteiger partial charge in [0.1, 0.15) is 0 Å². The second-order valence-corrected chi connectivity index (χ2v) is 7.74. The zero-order valence-corrected chi connectivity index (χ0v) is 14.8. The smallest absolute Gasteiger partial charge is 0.427 e. The first-order valence-electron chi connectivity index (χ1n) is 8.01. The number of aromatic nitrogens is 1. The summed E-state index contributed by atoms with van der Waals surface area (Å²) in [6, 6.07) is 6.78. The van der Waals surface area contributed by atoms with E-state index in [1.165, 1.54) is 34.6 Å². The summed E-state index contributed by atoms with van der Waals surface area (Å²) in [5.41, 5.74) is 6.35. The summed E-state index contributed by atoms with van der Waals surface area (Å²) < 4.78 is 42.6. The van der Waals surface area contributed by atoms with Crippen molar-refractivity contribution in [2.45, 2.75) is 5.09 Å². The van der Waals surface area contributed by atoms with E-state index in [-0.39, 0.29) is 48.3 Å². The van der Waals surface area contributed by atoms with Gasteiger partial charge in [0.05, 0.1) is 18.7 Å². The van der Waals surface area contributed by atoms with E-state index in [0.29, 0.717) is 5.69 Å². The van der Waals surface area contributed by atoms with Gasteiger partial charge in [-0.2, -0.15) is 4.31 Å².